The van der Waals surface area contributed by atoms with Crippen molar-refractivity contribution in [2.75, 3.05) is 31.5 Å². The number of piperazine rings is 1. The number of ether oxygens (including phenoxy) is 1. The summed E-state index contributed by atoms with van der Waals surface area (Å²) in [6.45, 7) is 6.91. The number of hydrogen-bond acceptors (Lipinski definition) is 7. The van der Waals surface area contributed by atoms with Crippen LogP contribution in [0.1, 0.15) is 18.1 Å². The Morgan fingerprint density at radius 1 is 1.06 bits per heavy atom. The standard InChI is InChI=1S/C22H25N7O3/c1-16-9-18(11-19(10-16)32-20-12-23-15-24-13-20)14-27-5-7-28(8-6-27)22(31)29-4-3-21(26-29)25-17(2)30/h3-4,9-13,15H,5-8,14H2,1-2H3,(H,25,26,30). The number of carbonyl (C=O) groups is 2. The summed E-state index contributed by atoms with van der Waals surface area (Å²) in [5.41, 5.74) is 2.25. The normalized spacial score (nSPS) is 14.2. The Morgan fingerprint density at radius 3 is 2.53 bits per heavy atom. The SMILES string of the molecule is CC(=O)Nc1ccn(C(=O)N2CCN(Cc3cc(C)cc(Oc4cncnc4)c3)CC2)n1. The fourth-order valence-electron chi connectivity index (χ4n) is 3.63. The highest BCUT2D eigenvalue weighted by atomic mass is 16.5. The van der Waals surface area contributed by atoms with Gasteiger partial charge in [0.1, 0.15) is 12.1 Å². The van der Waals surface area contributed by atoms with Gasteiger partial charge in [-0.25, -0.2) is 14.8 Å². The molecule has 166 valence electrons. The second kappa shape index (κ2) is 9.56. The monoisotopic (exact) mass is 435 g/mol. The van der Waals surface area contributed by atoms with Crippen molar-refractivity contribution in [3.8, 4) is 11.5 Å². The number of carbonyl (C=O) groups excluding carboxylic acids is 2. The zero-order valence-corrected chi connectivity index (χ0v) is 18.1. The third-order valence-corrected chi connectivity index (χ3v) is 5.02. The van der Waals surface area contributed by atoms with E-state index in [0.29, 0.717) is 24.7 Å². The summed E-state index contributed by atoms with van der Waals surface area (Å²) >= 11 is 0. The Morgan fingerprint density at radius 2 is 1.81 bits per heavy atom. The molecule has 1 fully saturated rings. The van der Waals surface area contributed by atoms with Gasteiger partial charge in [0.15, 0.2) is 11.6 Å². The van der Waals surface area contributed by atoms with E-state index in [1.807, 2.05) is 19.1 Å². The van der Waals surface area contributed by atoms with Crippen LogP contribution in [0.5, 0.6) is 11.5 Å². The van der Waals surface area contributed by atoms with E-state index in [1.165, 1.54) is 17.9 Å². The molecule has 3 heterocycles. The van der Waals surface area contributed by atoms with Crippen molar-refractivity contribution in [3.05, 3.63) is 60.3 Å². The molecular weight excluding hydrogens is 410 g/mol. The zero-order valence-electron chi connectivity index (χ0n) is 18.1. The number of aryl methyl sites for hydroxylation is 1. The van der Waals surface area contributed by atoms with Gasteiger partial charge in [-0.05, 0) is 30.2 Å². The summed E-state index contributed by atoms with van der Waals surface area (Å²) < 4.78 is 7.14. The molecule has 1 saturated heterocycles. The van der Waals surface area contributed by atoms with Gasteiger partial charge >= 0.3 is 6.03 Å². The average Bonchev–Trinajstić information content (AvgIpc) is 3.22. The minimum atomic E-state index is -0.224. The van der Waals surface area contributed by atoms with Crippen molar-refractivity contribution >= 4 is 17.8 Å². The van der Waals surface area contributed by atoms with Crippen LogP contribution < -0.4 is 10.1 Å². The van der Waals surface area contributed by atoms with E-state index in [4.69, 9.17) is 4.74 Å². The van der Waals surface area contributed by atoms with Crippen LogP contribution in [0.25, 0.3) is 0 Å². The lowest BCUT2D eigenvalue weighted by Gasteiger charge is -2.34. The predicted molar refractivity (Wildman–Crippen MR) is 117 cm³/mol. The van der Waals surface area contributed by atoms with E-state index in [9.17, 15) is 9.59 Å². The third-order valence-electron chi connectivity index (χ3n) is 5.02. The van der Waals surface area contributed by atoms with Crippen LogP contribution in [0, 0.1) is 6.92 Å². The highest BCUT2D eigenvalue weighted by Gasteiger charge is 2.23. The highest BCUT2D eigenvalue weighted by molar-refractivity contribution is 5.87. The number of hydrogen-bond donors (Lipinski definition) is 1. The van der Waals surface area contributed by atoms with Gasteiger partial charge in [0.2, 0.25) is 5.91 Å². The Hall–Kier alpha value is -3.79. The molecule has 0 aliphatic carbocycles. The Kier molecular flexibility index (Phi) is 6.41. The number of rotatable bonds is 5. The van der Waals surface area contributed by atoms with Crippen LogP contribution in [-0.2, 0) is 11.3 Å². The minimum Gasteiger partial charge on any atom is -0.454 e. The molecule has 1 aliphatic heterocycles. The number of amides is 2. The molecule has 0 saturated carbocycles. The van der Waals surface area contributed by atoms with Gasteiger partial charge in [-0.15, -0.1) is 5.10 Å². The summed E-state index contributed by atoms with van der Waals surface area (Å²) in [6, 6.07) is 7.54. The first-order valence-corrected chi connectivity index (χ1v) is 10.3. The van der Waals surface area contributed by atoms with E-state index >= 15 is 0 Å². The van der Waals surface area contributed by atoms with Gasteiger partial charge in [-0.2, -0.15) is 4.68 Å². The van der Waals surface area contributed by atoms with Gasteiger partial charge in [-0.1, -0.05) is 6.07 Å². The Labute approximate surface area is 185 Å². The molecule has 1 aromatic carbocycles. The number of benzene rings is 1. The summed E-state index contributed by atoms with van der Waals surface area (Å²) in [5, 5.41) is 6.70. The quantitative estimate of drug-likeness (QED) is 0.656. The van der Waals surface area contributed by atoms with Crippen LogP contribution in [0.3, 0.4) is 0 Å². The smallest absolute Gasteiger partial charge is 0.344 e. The fourth-order valence-corrected chi connectivity index (χ4v) is 3.63. The molecule has 0 bridgehead atoms. The van der Waals surface area contributed by atoms with Crippen LogP contribution in [-0.4, -0.2) is 67.7 Å². The van der Waals surface area contributed by atoms with Crippen LogP contribution in [0.4, 0.5) is 10.6 Å². The largest absolute Gasteiger partial charge is 0.454 e. The molecule has 0 radical (unpaired) electrons. The first kappa shape index (κ1) is 21.4. The van der Waals surface area contributed by atoms with Crippen molar-refractivity contribution < 1.29 is 14.3 Å². The first-order chi connectivity index (χ1) is 15.5. The lowest BCUT2D eigenvalue weighted by Crippen LogP contribution is -2.49. The molecule has 1 N–H and O–H groups in total. The molecule has 3 aromatic rings. The Balaban J connectivity index is 1.33. The van der Waals surface area contributed by atoms with Crippen LogP contribution in [0.15, 0.2) is 49.2 Å². The molecule has 4 rings (SSSR count). The van der Waals surface area contributed by atoms with E-state index in [0.717, 1.165) is 36.5 Å². The van der Waals surface area contributed by atoms with Crippen LogP contribution in [0.2, 0.25) is 0 Å². The average molecular weight is 435 g/mol. The molecule has 2 amide bonds. The molecule has 0 unspecified atom stereocenters. The number of aromatic nitrogens is 4. The van der Waals surface area contributed by atoms with E-state index in [1.54, 1.807) is 29.6 Å². The summed E-state index contributed by atoms with van der Waals surface area (Å²) in [7, 11) is 0. The molecule has 10 nitrogen and oxygen atoms in total. The molecule has 10 heteroatoms. The van der Waals surface area contributed by atoms with Gasteiger partial charge in [-0.3, -0.25) is 9.69 Å². The maximum absolute atomic E-state index is 12.7. The molecule has 2 aromatic heterocycles. The molecule has 1 aliphatic rings. The lowest BCUT2D eigenvalue weighted by molar-refractivity contribution is -0.114. The van der Waals surface area contributed by atoms with Crippen molar-refractivity contribution in [1.82, 2.24) is 29.5 Å². The maximum Gasteiger partial charge on any atom is 0.344 e. The van der Waals surface area contributed by atoms with E-state index in [2.05, 4.69) is 31.3 Å². The first-order valence-electron chi connectivity index (χ1n) is 10.3. The van der Waals surface area contributed by atoms with Gasteiger partial charge in [0, 0.05) is 51.9 Å². The van der Waals surface area contributed by atoms with Crippen molar-refractivity contribution in [2.24, 2.45) is 0 Å². The number of nitrogens with zero attached hydrogens (tertiary/aromatic N) is 6. The lowest BCUT2D eigenvalue weighted by atomic mass is 10.1. The molecule has 32 heavy (non-hydrogen) atoms. The van der Waals surface area contributed by atoms with Gasteiger partial charge in [0.25, 0.3) is 0 Å². The second-order valence-electron chi connectivity index (χ2n) is 7.70. The zero-order chi connectivity index (χ0) is 22.5. The predicted octanol–water partition coefficient (Wildman–Crippen LogP) is 2.52. The van der Waals surface area contributed by atoms with Crippen molar-refractivity contribution in [2.45, 2.75) is 20.4 Å². The minimum absolute atomic E-state index is 0.197. The molecule has 0 atom stereocenters. The van der Waals surface area contributed by atoms with E-state index in [-0.39, 0.29) is 11.9 Å². The maximum atomic E-state index is 12.7. The summed E-state index contributed by atoms with van der Waals surface area (Å²) in [5.74, 6) is 1.48. The molecular formula is C22H25N7O3. The number of anilines is 1. The van der Waals surface area contributed by atoms with Gasteiger partial charge < -0.3 is 15.0 Å². The van der Waals surface area contributed by atoms with Crippen LogP contribution >= 0.6 is 0 Å². The van der Waals surface area contributed by atoms with E-state index < -0.39 is 0 Å². The summed E-state index contributed by atoms with van der Waals surface area (Å²) in [4.78, 5) is 35.9. The number of nitrogens with one attached hydrogen (secondary N) is 1. The third kappa shape index (κ3) is 5.46. The fraction of sp³-hybridized carbons (Fsp3) is 0.318. The topological polar surface area (TPSA) is 105 Å². The van der Waals surface area contributed by atoms with Crippen molar-refractivity contribution in [3.63, 3.8) is 0 Å². The molecule has 0 spiro atoms. The summed E-state index contributed by atoms with van der Waals surface area (Å²) in [6.07, 6.45) is 6.28. The second-order valence-corrected chi connectivity index (χ2v) is 7.70. The Bertz CT molecular complexity index is 1090. The van der Waals surface area contributed by atoms with Crippen molar-refractivity contribution in [1.29, 1.82) is 0 Å². The van der Waals surface area contributed by atoms with Gasteiger partial charge in [0.05, 0.1) is 12.4 Å². The highest BCUT2D eigenvalue weighted by Crippen LogP contribution is 2.24.